The van der Waals surface area contributed by atoms with Crippen molar-refractivity contribution in [1.82, 2.24) is 5.32 Å². The first-order chi connectivity index (χ1) is 13.3. The Bertz CT molecular complexity index is 1030. The lowest BCUT2D eigenvalue weighted by Crippen LogP contribution is -2.57. The van der Waals surface area contributed by atoms with Crippen LogP contribution in [-0.2, 0) is 4.79 Å². The molecule has 0 aliphatic carbocycles. The van der Waals surface area contributed by atoms with Crippen LogP contribution >= 0.6 is 0 Å². The van der Waals surface area contributed by atoms with Crippen LogP contribution in [0.1, 0.15) is 47.0 Å². The van der Waals surface area contributed by atoms with Gasteiger partial charge in [0.05, 0.1) is 12.2 Å². The van der Waals surface area contributed by atoms with Crippen LogP contribution in [0.25, 0.3) is 11.0 Å². The Morgan fingerprint density at radius 3 is 2.46 bits per heavy atom. The van der Waals surface area contributed by atoms with Gasteiger partial charge in [0.2, 0.25) is 5.91 Å². The summed E-state index contributed by atoms with van der Waals surface area (Å²) in [6, 6.07) is 15.8. The van der Waals surface area contributed by atoms with Crippen molar-refractivity contribution >= 4 is 22.8 Å². The molecule has 146 valence electrons. The molecule has 0 aliphatic heterocycles. The number of benzene rings is 2. The van der Waals surface area contributed by atoms with Crippen LogP contribution < -0.4 is 11.1 Å². The van der Waals surface area contributed by atoms with Gasteiger partial charge >= 0.3 is 0 Å². The van der Waals surface area contributed by atoms with Gasteiger partial charge in [-0.3, -0.25) is 9.59 Å². The minimum Gasteiger partial charge on any atom is -0.461 e. The number of furan rings is 1. The smallest absolute Gasteiger partial charge is 0.256 e. The Hall–Kier alpha value is -3.12. The van der Waals surface area contributed by atoms with Crippen LogP contribution in [0.3, 0.4) is 0 Å². The summed E-state index contributed by atoms with van der Waals surface area (Å²) < 4.78 is 5.73. The molecule has 1 unspecified atom stereocenters. The second-order valence-electron chi connectivity index (χ2n) is 7.23. The van der Waals surface area contributed by atoms with Gasteiger partial charge in [0.1, 0.15) is 16.9 Å². The van der Waals surface area contributed by atoms with E-state index < -0.39 is 24.0 Å². The first-order valence-corrected chi connectivity index (χ1v) is 9.08. The van der Waals surface area contributed by atoms with Crippen molar-refractivity contribution in [2.75, 3.05) is 6.61 Å². The number of nitrogens with one attached hydrogen (secondary N) is 1. The molecule has 0 aliphatic rings. The minimum atomic E-state index is -1.55. The van der Waals surface area contributed by atoms with Gasteiger partial charge in [-0.1, -0.05) is 43.3 Å². The van der Waals surface area contributed by atoms with E-state index in [0.717, 1.165) is 11.1 Å². The fourth-order valence-electron chi connectivity index (χ4n) is 3.22. The lowest BCUT2D eigenvalue weighted by molar-refractivity contribution is -0.124. The van der Waals surface area contributed by atoms with Gasteiger partial charge in [-0.25, -0.2) is 0 Å². The lowest BCUT2D eigenvalue weighted by Gasteiger charge is -2.24. The molecule has 0 spiro atoms. The summed E-state index contributed by atoms with van der Waals surface area (Å²) in [5.41, 5.74) is 6.88. The first kappa shape index (κ1) is 19.6. The number of primary amides is 1. The molecule has 0 saturated heterocycles. The Balaban J connectivity index is 2.02. The molecular formula is C22H24N2O4. The molecular weight excluding hydrogens is 356 g/mol. The standard InChI is InChI=1S/C22H24N2O4/c1-13(15-7-5-4-6-8-15)16-9-10-18-17(11-16)19(14(2)28-18)20(26)24-22(3,12-25)21(23)27/h4-11,13,25H,12H2,1-3H3,(H2,23,27)(H,24,26)/t13?,22-/m0/s1. The average molecular weight is 380 g/mol. The maximum atomic E-state index is 12.9. The van der Waals surface area contributed by atoms with Gasteiger partial charge in [0.15, 0.2) is 0 Å². The highest BCUT2D eigenvalue weighted by Crippen LogP contribution is 2.31. The Morgan fingerprint density at radius 1 is 1.18 bits per heavy atom. The molecule has 0 bridgehead atoms. The normalized spacial score (nSPS) is 14.4. The summed E-state index contributed by atoms with van der Waals surface area (Å²) in [6.45, 7) is 4.57. The number of carbonyl (C=O) groups is 2. The van der Waals surface area contributed by atoms with Crippen LogP contribution in [0.5, 0.6) is 0 Å². The van der Waals surface area contributed by atoms with Crippen molar-refractivity contribution in [3.8, 4) is 0 Å². The number of hydrogen-bond donors (Lipinski definition) is 3. The SMILES string of the molecule is Cc1oc2ccc(C(C)c3ccccc3)cc2c1C(=O)N[C@@](C)(CO)C(N)=O. The molecule has 4 N–H and O–H groups in total. The van der Waals surface area contributed by atoms with Gasteiger partial charge in [0.25, 0.3) is 5.91 Å². The molecule has 2 atom stereocenters. The summed E-state index contributed by atoms with van der Waals surface area (Å²) in [5, 5.41) is 12.7. The van der Waals surface area contributed by atoms with E-state index in [9.17, 15) is 14.7 Å². The number of aliphatic hydroxyl groups is 1. The van der Waals surface area contributed by atoms with E-state index in [1.54, 1.807) is 6.92 Å². The number of hydrogen-bond acceptors (Lipinski definition) is 4. The van der Waals surface area contributed by atoms with Crippen LogP contribution in [-0.4, -0.2) is 29.1 Å². The molecule has 6 nitrogen and oxygen atoms in total. The van der Waals surface area contributed by atoms with E-state index in [1.807, 2.05) is 36.4 Å². The van der Waals surface area contributed by atoms with E-state index in [1.165, 1.54) is 6.92 Å². The van der Waals surface area contributed by atoms with Crippen molar-refractivity contribution in [2.24, 2.45) is 5.73 Å². The highest BCUT2D eigenvalue weighted by Gasteiger charge is 2.34. The van der Waals surface area contributed by atoms with Gasteiger partial charge in [-0.05, 0) is 37.1 Å². The number of aryl methyl sites for hydroxylation is 1. The second kappa shape index (κ2) is 7.48. The molecule has 0 saturated carbocycles. The van der Waals surface area contributed by atoms with Crippen LogP contribution in [0.4, 0.5) is 0 Å². The maximum Gasteiger partial charge on any atom is 0.256 e. The van der Waals surface area contributed by atoms with Gasteiger partial charge in [0, 0.05) is 11.3 Å². The molecule has 0 fully saturated rings. The van der Waals surface area contributed by atoms with E-state index in [4.69, 9.17) is 10.2 Å². The molecule has 2 aromatic carbocycles. The van der Waals surface area contributed by atoms with Crippen LogP contribution in [0.2, 0.25) is 0 Å². The van der Waals surface area contributed by atoms with Crippen molar-refractivity contribution in [2.45, 2.75) is 32.2 Å². The predicted octanol–water partition coefficient (Wildman–Crippen LogP) is 2.86. The molecule has 3 aromatic rings. The molecule has 1 aromatic heterocycles. The summed E-state index contributed by atoms with van der Waals surface area (Å²) >= 11 is 0. The third-order valence-electron chi connectivity index (χ3n) is 5.16. The maximum absolute atomic E-state index is 12.9. The van der Waals surface area contributed by atoms with Gasteiger partial charge in [-0.15, -0.1) is 0 Å². The van der Waals surface area contributed by atoms with Crippen molar-refractivity contribution in [3.63, 3.8) is 0 Å². The van der Waals surface area contributed by atoms with Crippen LogP contribution in [0, 0.1) is 6.92 Å². The van der Waals surface area contributed by atoms with Crippen molar-refractivity contribution < 1.29 is 19.1 Å². The first-order valence-electron chi connectivity index (χ1n) is 9.08. The summed E-state index contributed by atoms with van der Waals surface area (Å²) in [7, 11) is 0. The third kappa shape index (κ3) is 3.51. The Kier molecular flexibility index (Phi) is 5.25. The zero-order chi connectivity index (χ0) is 20.5. The van der Waals surface area contributed by atoms with Crippen molar-refractivity contribution in [1.29, 1.82) is 0 Å². The molecule has 1 heterocycles. The molecule has 6 heteroatoms. The largest absolute Gasteiger partial charge is 0.461 e. The summed E-state index contributed by atoms with van der Waals surface area (Å²) in [4.78, 5) is 24.5. The number of carbonyl (C=O) groups excluding carboxylic acids is 2. The zero-order valence-electron chi connectivity index (χ0n) is 16.2. The Morgan fingerprint density at radius 2 is 1.86 bits per heavy atom. The molecule has 2 amide bonds. The number of amides is 2. The fourth-order valence-corrected chi connectivity index (χ4v) is 3.22. The molecule has 28 heavy (non-hydrogen) atoms. The molecule has 0 radical (unpaired) electrons. The van der Waals surface area contributed by atoms with Crippen molar-refractivity contribution in [3.05, 3.63) is 71.0 Å². The van der Waals surface area contributed by atoms with Gasteiger partial charge in [-0.2, -0.15) is 0 Å². The number of aliphatic hydroxyl groups excluding tert-OH is 1. The van der Waals surface area contributed by atoms with E-state index in [0.29, 0.717) is 22.3 Å². The fraction of sp³-hybridized carbons (Fsp3) is 0.273. The quantitative estimate of drug-likeness (QED) is 0.611. The zero-order valence-corrected chi connectivity index (χ0v) is 16.2. The number of rotatable bonds is 6. The van der Waals surface area contributed by atoms with E-state index in [-0.39, 0.29) is 5.92 Å². The predicted molar refractivity (Wildman–Crippen MR) is 107 cm³/mol. The highest BCUT2D eigenvalue weighted by atomic mass is 16.3. The van der Waals surface area contributed by atoms with E-state index in [2.05, 4.69) is 24.4 Å². The minimum absolute atomic E-state index is 0.130. The highest BCUT2D eigenvalue weighted by molar-refractivity contribution is 6.09. The van der Waals surface area contributed by atoms with Crippen LogP contribution in [0.15, 0.2) is 52.9 Å². The molecule has 3 rings (SSSR count). The monoisotopic (exact) mass is 380 g/mol. The van der Waals surface area contributed by atoms with Gasteiger partial charge < -0.3 is 20.6 Å². The topological polar surface area (TPSA) is 106 Å². The number of fused-ring (bicyclic) bond motifs is 1. The number of nitrogens with two attached hydrogens (primary N) is 1. The van der Waals surface area contributed by atoms with E-state index >= 15 is 0 Å². The summed E-state index contributed by atoms with van der Waals surface area (Å²) in [6.07, 6.45) is 0. The summed E-state index contributed by atoms with van der Waals surface area (Å²) in [5.74, 6) is -0.768. The third-order valence-corrected chi connectivity index (χ3v) is 5.16. The lowest BCUT2D eigenvalue weighted by atomic mass is 9.92. The second-order valence-corrected chi connectivity index (χ2v) is 7.23. The average Bonchev–Trinajstić information content (AvgIpc) is 3.02. The Labute approximate surface area is 163 Å².